The van der Waals surface area contributed by atoms with Crippen LogP contribution < -0.4 is 0 Å². The maximum Gasteiger partial charge on any atom is 0.168 e. The van der Waals surface area contributed by atoms with E-state index >= 15 is 0 Å². The lowest BCUT2D eigenvalue weighted by Gasteiger charge is -2.38. The van der Waals surface area contributed by atoms with Crippen molar-refractivity contribution in [3.8, 4) is 0 Å². The van der Waals surface area contributed by atoms with Crippen LogP contribution in [0, 0.1) is 0 Å². The van der Waals surface area contributed by atoms with Gasteiger partial charge in [0.15, 0.2) is 5.82 Å². The van der Waals surface area contributed by atoms with Gasteiger partial charge in [0.25, 0.3) is 0 Å². The van der Waals surface area contributed by atoms with E-state index in [1.54, 1.807) is 0 Å². The highest BCUT2D eigenvalue weighted by molar-refractivity contribution is 4.95. The summed E-state index contributed by atoms with van der Waals surface area (Å²) in [5.74, 6) is 1.02. The number of hydrogen-bond donors (Lipinski definition) is 0. The van der Waals surface area contributed by atoms with Crippen molar-refractivity contribution >= 4 is 0 Å². The van der Waals surface area contributed by atoms with E-state index in [9.17, 15) is 0 Å². The Morgan fingerprint density at radius 2 is 2.04 bits per heavy atom. The van der Waals surface area contributed by atoms with Gasteiger partial charge in [-0.05, 0) is 36.2 Å². The van der Waals surface area contributed by atoms with Crippen molar-refractivity contribution in [3.63, 3.8) is 0 Å². The molecule has 0 spiro atoms. The monoisotopic (exact) mass is 322 g/mol. The molecule has 0 N–H and O–H groups in total. The average molecular weight is 322 g/mol. The van der Waals surface area contributed by atoms with Crippen LogP contribution >= 0.6 is 0 Å². The molecule has 2 aliphatic rings. The van der Waals surface area contributed by atoms with Crippen LogP contribution in [0.15, 0.2) is 0 Å². The maximum absolute atomic E-state index is 5.76. The molecule has 0 amide bonds. The third kappa shape index (κ3) is 4.08. The normalized spacial score (nSPS) is 25.0. The van der Waals surface area contributed by atoms with Gasteiger partial charge in [-0.1, -0.05) is 20.3 Å². The molecule has 7 heteroatoms. The van der Waals surface area contributed by atoms with Crippen molar-refractivity contribution in [2.75, 3.05) is 39.3 Å². The third-order valence-electron chi connectivity index (χ3n) is 5.12. The van der Waals surface area contributed by atoms with Crippen molar-refractivity contribution < 1.29 is 4.74 Å². The molecule has 1 aromatic rings. The zero-order valence-electron chi connectivity index (χ0n) is 14.5. The Morgan fingerprint density at radius 3 is 2.70 bits per heavy atom. The quantitative estimate of drug-likeness (QED) is 0.755. The van der Waals surface area contributed by atoms with Gasteiger partial charge >= 0.3 is 0 Å². The zero-order chi connectivity index (χ0) is 16.1. The lowest BCUT2D eigenvalue weighted by Crippen LogP contribution is -2.48. The lowest BCUT2D eigenvalue weighted by molar-refractivity contribution is 0.0774. The first-order chi connectivity index (χ1) is 11.3. The molecule has 2 fully saturated rings. The molecule has 0 aliphatic carbocycles. The second kappa shape index (κ2) is 8.17. The summed E-state index contributed by atoms with van der Waals surface area (Å²) in [4.78, 5) is 5.07. The molecule has 0 aromatic carbocycles. The van der Waals surface area contributed by atoms with Crippen molar-refractivity contribution in [2.45, 2.75) is 58.2 Å². The first-order valence-electron chi connectivity index (χ1n) is 9.15. The number of piperazine rings is 1. The predicted octanol–water partition coefficient (Wildman–Crippen LogP) is 1.33. The van der Waals surface area contributed by atoms with E-state index in [1.807, 2.05) is 4.68 Å². The molecule has 0 radical (unpaired) electrons. The molecule has 7 nitrogen and oxygen atoms in total. The van der Waals surface area contributed by atoms with Gasteiger partial charge in [0.2, 0.25) is 0 Å². The molecular formula is C16H30N6O. The van der Waals surface area contributed by atoms with Gasteiger partial charge < -0.3 is 9.64 Å². The summed E-state index contributed by atoms with van der Waals surface area (Å²) in [5, 5.41) is 12.6. The van der Waals surface area contributed by atoms with Gasteiger partial charge in [0.1, 0.15) is 0 Å². The van der Waals surface area contributed by atoms with Gasteiger partial charge in [0, 0.05) is 32.8 Å². The minimum atomic E-state index is 0.275. The maximum atomic E-state index is 5.76. The Morgan fingerprint density at radius 1 is 1.22 bits per heavy atom. The van der Waals surface area contributed by atoms with Gasteiger partial charge in [-0.15, -0.1) is 5.10 Å². The third-order valence-corrected chi connectivity index (χ3v) is 5.12. The van der Waals surface area contributed by atoms with Crippen LogP contribution in [0.1, 0.15) is 51.4 Å². The molecular weight excluding hydrogens is 292 g/mol. The van der Waals surface area contributed by atoms with Gasteiger partial charge in [0.05, 0.1) is 18.7 Å². The molecule has 3 heterocycles. The number of hydrogen-bond acceptors (Lipinski definition) is 6. The van der Waals surface area contributed by atoms with E-state index in [4.69, 9.17) is 4.74 Å². The van der Waals surface area contributed by atoms with E-state index in [0.29, 0.717) is 6.04 Å². The summed E-state index contributed by atoms with van der Waals surface area (Å²) in [6, 6.07) is 0.329. The van der Waals surface area contributed by atoms with Crippen LogP contribution in [0.4, 0.5) is 0 Å². The topological polar surface area (TPSA) is 59.3 Å². The smallest absolute Gasteiger partial charge is 0.168 e. The Balaban J connectivity index is 1.69. The van der Waals surface area contributed by atoms with Crippen molar-refractivity contribution in [1.29, 1.82) is 0 Å². The number of ether oxygens (including phenoxy) is 1. The minimum Gasteiger partial charge on any atom is -0.376 e. The van der Waals surface area contributed by atoms with E-state index < -0.39 is 0 Å². The Bertz CT molecular complexity index is 465. The van der Waals surface area contributed by atoms with Crippen LogP contribution in [-0.2, 0) is 11.3 Å². The summed E-state index contributed by atoms with van der Waals surface area (Å²) in [6.45, 7) is 11.8. The largest absolute Gasteiger partial charge is 0.376 e. The second-order valence-electron chi connectivity index (χ2n) is 6.63. The standard InChI is InChI=1S/C16H30N6O/c1-3-6-15(21-10-8-20(4-2)9-11-21)16-17-18-19-22(16)13-14-7-5-12-23-14/h14-15H,3-13H2,1-2H3/t14-,15-/m1/s1. The van der Waals surface area contributed by atoms with E-state index in [0.717, 1.165) is 77.4 Å². The zero-order valence-corrected chi connectivity index (χ0v) is 14.5. The summed E-state index contributed by atoms with van der Waals surface area (Å²) < 4.78 is 7.75. The van der Waals surface area contributed by atoms with Crippen LogP contribution in [0.5, 0.6) is 0 Å². The average Bonchev–Trinajstić information content (AvgIpc) is 3.25. The number of tetrazole rings is 1. The fourth-order valence-corrected chi connectivity index (χ4v) is 3.70. The van der Waals surface area contributed by atoms with E-state index in [-0.39, 0.29) is 6.10 Å². The highest BCUT2D eigenvalue weighted by Crippen LogP contribution is 2.26. The molecule has 130 valence electrons. The number of nitrogens with zero attached hydrogens (tertiary/aromatic N) is 6. The highest BCUT2D eigenvalue weighted by atomic mass is 16.5. The van der Waals surface area contributed by atoms with Crippen molar-refractivity contribution in [3.05, 3.63) is 5.82 Å². The van der Waals surface area contributed by atoms with Crippen LogP contribution in [0.3, 0.4) is 0 Å². The van der Waals surface area contributed by atoms with Crippen LogP contribution in [-0.4, -0.2) is 75.4 Å². The molecule has 2 saturated heterocycles. The molecule has 0 unspecified atom stereocenters. The Kier molecular flexibility index (Phi) is 5.96. The summed E-state index contributed by atoms with van der Waals surface area (Å²) in [5.41, 5.74) is 0. The Labute approximate surface area is 139 Å². The molecule has 23 heavy (non-hydrogen) atoms. The summed E-state index contributed by atoms with van der Waals surface area (Å²) in [7, 11) is 0. The minimum absolute atomic E-state index is 0.275. The summed E-state index contributed by atoms with van der Waals surface area (Å²) >= 11 is 0. The van der Waals surface area contributed by atoms with E-state index in [1.165, 1.54) is 0 Å². The summed E-state index contributed by atoms with van der Waals surface area (Å²) in [6.07, 6.45) is 4.80. The number of rotatable bonds is 7. The molecule has 2 aliphatic heterocycles. The van der Waals surface area contributed by atoms with Gasteiger partial charge in [-0.2, -0.15) is 0 Å². The molecule has 0 saturated carbocycles. The van der Waals surface area contributed by atoms with Gasteiger partial charge in [-0.3, -0.25) is 4.90 Å². The Hall–Kier alpha value is -1.05. The van der Waals surface area contributed by atoms with Crippen LogP contribution in [0.2, 0.25) is 0 Å². The predicted molar refractivity (Wildman–Crippen MR) is 88.1 cm³/mol. The first kappa shape index (κ1) is 16.8. The SMILES string of the molecule is CCC[C@H](c1nnnn1C[C@H]1CCCO1)N1CCN(CC)CC1. The number of likely N-dealkylation sites (N-methyl/N-ethyl adjacent to an activating group) is 1. The van der Waals surface area contributed by atoms with Crippen molar-refractivity contribution in [2.24, 2.45) is 0 Å². The van der Waals surface area contributed by atoms with E-state index in [2.05, 4.69) is 39.2 Å². The molecule has 2 atom stereocenters. The molecule has 0 bridgehead atoms. The van der Waals surface area contributed by atoms with Gasteiger partial charge in [-0.25, -0.2) is 4.68 Å². The molecule has 3 rings (SSSR count). The van der Waals surface area contributed by atoms with Crippen LogP contribution in [0.25, 0.3) is 0 Å². The lowest BCUT2D eigenvalue weighted by atomic mass is 10.1. The number of aromatic nitrogens is 4. The van der Waals surface area contributed by atoms with Crippen molar-refractivity contribution in [1.82, 2.24) is 30.0 Å². The molecule has 1 aromatic heterocycles. The second-order valence-corrected chi connectivity index (χ2v) is 6.63. The first-order valence-corrected chi connectivity index (χ1v) is 9.15. The highest BCUT2D eigenvalue weighted by Gasteiger charge is 2.29. The fourth-order valence-electron chi connectivity index (χ4n) is 3.70. The fraction of sp³-hybridized carbons (Fsp3) is 0.938.